The zero-order valence-electron chi connectivity index (χ0n) is 15.2. The van der Waals surface area contributed by atoms with Gasteiger partial charge in [-0.3, -0.25) is 9.59 Å². The molecule has 0 fully saturated rings. The van der Waals surface area contributed by atoms with Crippen LogP contribution in [0.4, 0.5) is 5.13 Å². The predicted molar refractivity (Wildman–Crippen MR) is 102 cm³/mol. The van der Waals surface area contributed by atoms with Crippen molar-refractivity contribution >= 4 is 28.3 Å². The number of benzene rings is 1. The molecule has 0 aliphatic heterocycles. The average molecular weight is 359 g/mol. The largest absolute Gasteiger partial charge is 0.331 e. The van der Waals surface area contributed by atoms with E-state index in [1.54, 1.807) is 4.90 Å². The third kappa shape index (κ3) is 5.67. The number of amides is 2. The van der Waals surface area contributed by atoms with Crippen LogP contribution in [0.3, 0.4) is 0 Å². The first kappa shape index (κ1) is 19.1. The summed E-state index contributed by atoms with van der Waals surface area (Å²) in [5, 5.41) is 3.38. The molecule has 1 N–H and O–H groups in total. The Labute approximate surface area is 153 Å². The monoisotopic (exact) mass is 359 g/mol. The molecule has 0 aliphatic carbocycles. The second-order valence-corrected chi connectivity index (χ2v) is 7.51. The molecule has 1 aromatic carbocycles. The zero-order chi connectivity index (χ0) is 18.4. The van der Waals surface area contributed by atoms with Crippen LogP contribution in [0.25, 0.3) is 0 Å². The van der Waals surface area contributed by atoms with E-state index in [4.69, 9.17) is 0 Å². The molecule has 2 rings (SSSR count). The fourth-order valence-corrected chi connectivity index (χ4v) is 3.27. The fraction of sp³-hybridized carbons (Fsp3) is 0.421. The number of thiazole rings is 1. The molecule has 0 spiro atoms. The first-order chi connectivity index (χ1) is 11.9. The number of aromatic nitrogens is 1. The molecule has 0 aliphatic rings. The van der Waals surface area contributed by atoms with Crippen LogP contribution >= 0.6 is 11.3 Å². The summed E-state index contributed by atoms with van der Waals surface area (Å²) < 4.78 is 0. The lowest BCUT2D eigenvalue weighted by atomic mass is 10.1. The molecule has 2 aromatic rings. The maximum atomic E-state index is 12.5. The van der Waals surface area contributed by atoms with E-state index in [0.29, 0.717) is 18.0 Å². The van der Waals surface area contributed by atoms with Gasteiger partial charge in [0.25, 0.3) is 0 Å². The van der Waals surface area contributed by atoms with Crippen molar-refractivity contribution in [3.05, 3.63) is 46.5 Å². The molecule has 0 saturated heterocycles. The average Bonchev–Trinajstić information content (AvgIpc) is 2.88. The molecule has 0 bridgehead atoms. The Hall–Kier alpha value is -2.21. The van der Waals surface area contributed by atoms with Crippen LogP contribution in [-0.2, 0) is 16.0 Å². The highest BCUT2D eigenvalue weighted by Crippen LogP contribution is 2.21. The Morgan fingerprint density at radius 1 is 1.20 bits per heavy atom. The molecule has 6 heteroatoms. The normalized spacial score (nSPS) is 10.8. The number of hydrogen-bond acceptors (Lipinski definition) is 4. The maximum absolute atomic E-state index is 12.5. The topological polar surface area (TPSA) is 62.3 Å². The molecular weight excluding hydrogens is 334 g/mol. The van der Waals surface area contributed by atoms with Gasteiger partial charge in [-0.05, 0) is 39.7 Å². The smallest absolute Gasteiger partial charge is 0.245 e. The number of rotatable bonds is 7. The summed E-state index contributed by atoms with van der Waals surface area (Å²) in [6, 6.07) is 9.86. The molecule has 1 aromatic heterocycles. The van der Waals surface area contributed by atoms with Gasteiger partial charge in [-0.15, -0.1) is 11.3 Å². The van der Waals surface area contributed by atoms with E-state index in [9.17, 15) is 9.59 Å². The second-order valence-electron chi connectivity index (χ2n) is 6.31. The number of nitrogens with one attached hydrogen (secondary N) is 1. The van der Waals surface area contributed by atoms with Crippen molar-refractivity contribution in [1.82, 2.24) is 9.88 Å². The lowest BCUT2D eigenvalue weighted by Gasteiger charge is -2.26. The minimum Gasteiger partial charge on any atom is -0.331 e. The lowest BCUT2D eigenvalue weighted by Crippen LogP contribution is -2.42. The Kier molecular flexibility index (Phi) is 6.70. The first-order valence-electron chi connectivity index (χ1n) is 8.44. The van der Waals surface area contributed by atoms with Crippen molar-refractivity contribution in [2.75, 3.05) is 11.9 Å². The summed E-state index contributed by atoms with van der Waals surface area (Å²) in [4.78, 5) is 31.8. The van der Waals surface area contributed by atoms with Gasteiger partial charge in [0.2, 0.25) is 11.8 Å². The Morgan fingerprint density at radius 2 is 1.88 bits per heavy atom. The van der Waals surface area contributed by atoms with Gasteiger partial charge in [-0.1, -0.05) is 30.3 Å². The molecule has 0 radical (unpaired) electrons. The third-order valence-electron chi connectivity index (χ3n) is 4.00. The Bertz CT molecular complexity index is 706. The van der Waals surface area contributed by atoms with Gasteiger partial charge in [0.1, 0.15) is 6.54 Å². The van der Waals surface area contributed by atoms with Crippen LogP contribution in [-0.4, -0.2) is 34.3 Å². The number of aryl methyl sites for hydroxylation is 3. The van der Waals surface area contributed by atoms with E-state index in [-0.39, 0.29) is 24.4 Å². The van der Waals surface area contributed by atoms with Gasteiger partial charge in [0, 0.05) is 17.3 Å². The van der Waals surface area contributed by atoms with Gasteiger partial charge in [-0.2, -0.15) is 0 Å². The lowest BCUT2D eigenvalue weighted by molar-refractivity contribution is -0.136. The number of carbonyl (C=O) groups excluding carboxylic acids is 2. The van der Waals surface area contributed by atoms with Crippen molar-refractivity contribution in [1.29, 1.82) is 0 Å². The maximum Gasteiger partial charge on any atom is 0.245 e. The molecule has 1 heterocycles. The molecular formula is C19H25N3O2S. The summed E-state index contributed by atoms with van der Waals surface area (Å²) in [5.74, 6) is -0.226. The van der Waals surface area contributed by atoms with E-state index in [2.05, 4.69) is 10.3 Å². The van der Waals surface area contributed by atoms with Gasteiger partial charge < -0.3 is 10.2 Å². The standard InChI is InChI=1S/C19H25N3O2S/c1-13(2)22(18(24)11-10-16-8-6-5-7-9-16)12-17(23)21-19-20-14(3)15(4)25-19/h5-9,13H,10-12H2,1-4H3,(H,20,21,23). The molecule has 2 amide bonds. The van der Waals surface area contributed by atoms with E-state index < -0.39 is 0 Å². The summed E-state index contributed by atoms with van der Waals surface area (Å²) in [6.07, 6.45) is 1.07. The van der Waals surface area contributed by atoms with Gasteiger partial charge in [-0.25, -0.2) is 4.98 Å². The van der Waals surface area contributed by atoms with Gasteiger partial charge in [0.15, 0.2) is 5.13 Å². The van der Waals surface area contributed by atoms with E-state index in [0.717, 1.165) is 16.1 Å². The van der Waals surface area contributed by atoms with Gasteiger partial charge >= 0.3 is 0 Å². The highest BCUT2D eigenvalue weighted by Gasteiger charge is 2.20. The van der Waals surface area contributed by atoms with Crippen LogP contribution < -0.4 is 5.32 Å². The van der Waals surface area contributed by atoms with Crippen molar-refractivity contribution in [3.8, 4) is 0 Å². The summed E-state index contributed by atoms with van der Waals surface area (Å²) in [7, 11) is 0. The van der Waals surface area contributed by atoms with Crippen LogP contribution in [0.5, 0.6) is 0 Å². The van der Waals surface area contributed by atoms with Crippen molar-refractivity contribution in [3.63, 3.8) is 0 Å². The second kappa shape index (κ2) is 8.76. The summed E-state index contributed by atoms with van der Waals surface area (Å²) in [6.45, 7) is 7.77. The zero-order valence-corrected chi connectivity index (χ0v) is 16.0. The van der Waals surface area contributed by atoms with E-state index >= 15 is 0 Å². The number of carbonyl (C=O) groups is 2. The predicted octanol–water partition coefficient (Wildman–Crippen LogP) is 3.57. The SMILES string of the molecule is Cc1nc(NC(=O)CN(C(=O)CCc2ccccc2)C(C)C)sc1C. The fourth-order valence-electron chi connectivity index (χ4n) is 2.44. The molecule has 0 saturated carbocycles. The number of hydrogen-bond donors (Lipinski definition) is 1. The summed E-state index contributed by atoms with van der Waals surface area (Å²) >= 11 is 1.45. The van der Waals surface area contributed by atoms with Crippen LogP contribution in [0, 0.1) is 13.8 Å². The van der Waals surface area contributed by atoms with Crippen molar-refractivity contribution in [2.45, 2.75) is 46.6 Å². The van der Waals surface area contributed by atoms with E-state index in [1.165, 1.54) is 11.3 Å². The van der Waals surface area contributed by atoms with Gasteiger partial charge in [0.05, 0.1) is 5.69 Å². The molecule has 5 nitrogen and oxygen atoms in total. The van der Waals surface area contributed by atoms with Crippen molar-refractivity contribution < 1.29 is 9.59 Å². The van der Waals surface area contributed by atoms with Crippen molar-refractivity contribution in [2.24, 2.45) is 0 Å². The molecule has 134 valence electrons. The summed E-state index contributed by atoms with van der Waals surface area (Å²) in [5.41, 5.74) is 2.04. The number of nitrogens with zero attached hydrogens (tertiary/aromatic N) is 2. The third-order valence-corrected chi connectivity index (χ3v) is 4.99. The first-order valence-corrected chi connectivity index (χ1v) is 9.25. The van der Waals surface area contributed by atoms with Crippen LogP contribution in [0.2, 0.25) is 0 Å². The Morgan fingerprint density at radius 3 is 2.44 bits per heavy atom. The molecule has 25 heavy (non-hydrogen) atoms. The van der Waals surface area contributed by atoms with E-state index in [1.807, 2.05) is 58.0 Å². The quantitative estimate of drug-likeness (QED) is 0.822. The molecule has 0 unspecified atom stereocenters. The Balaban J connectivity index is 1.92. The highest BCUT2D eigenvalue weighted by molar-refractivity contribution is 7.15. The van der Waals surface area contributed by atoms with Crippen LogP contribution in [0.1, 0.15) is 36.4 Å². The van der Waals surface area contributed by atoms with Crippen LogP contribution in [0.15, 0.2) is 30.3 Å². The minimum absolute atomic E-state index is 0.0134. The highest BCUT2D eigenvalue weighted by atomic mass is 32.1. The minimum atomic E-state index is -0.212. The molecule has 0 atom stereocenters. The number of anilines is 1.